The second kappa shape index (κ2) is 7.92. The summed E-state index contributed by atoms with van der Waals surface area (Å²) in [7, 11) is 1.30. The van der Waals surface area contributed by atoms with E-state index >= 15 is 0 Å². The first-order valence-electron chi connectivity index (χ1n) is 7.33. The van der Waals surface area contributed by atoms with E-state index in [2.05, 4.69) is 10.6 Å². The van der Waals surface area contributed by atoms with Crippen molar-refractivity contribution in [2.45, 2.75) is 6.92 Å². The molecule has 0 saturated carbocycles. The molecule has 0 spiro atoms. The fourth-order valence-corrected chi connectivity index (χ4v) is 2.12. The summed E-state index contributed by atoms with van der Waals surface area (Å²) in [4.78, 5) is 35.1. The van der Waals surface area contributed by atoms with Gasteiger partial charge in [-0.05, 0) is 31.2 Å². The average Bonchev–Trinajstić information content (AvgIpc) is 2.59. The number of benzene rings is 2. The smallest absolute Gasteiger partial charge is 0.339 e. The number of para-hydroxylation sites is 1. The van der Waals surface area contributed by atoms with Crippen LogP contribution in [0.4, 0.5) is 11.4 Å². The second-order valence-electron chi connectivity index (χ2n) is 5.08. The Labute approximate surface area is 139 Å². The predicted molar refractivity (Wildman–Crippen MR) is 91.3 cm³/mol. The summed E-state index contributed by atoms with van der Waals surface area (Å²) in [5.41, 5.74) is 1.93. The summed E-state index contributed by atoms with van der Waals surface area (Å²) in [6.45, 7) is 1.44. The Kier molecular flexibility index (Phi) is 5.68. The molecule has 0 radical (unpaired) electrons. The van der Waals surface area contributed by atoms with E-state index in [1.54, 1.807) is 48.5 Å². The van der Waals surface area contributed by atoms with Gasteiger partial charge in [0, 0.05) is 16.9 Å². The minimum atomic E-state index is -0.479. The number of rotatable bonds is 6. The number of amides is 1. The number of nitrogens with one attached hydrogen (secondary N) is 2. The maximum Gasteiger partial charge on any atom is 0.339 e. The van der Waals surface area contributed by atoms with Crippen LogP contribution >= 0.6 is 0 Å². The number of methoxy groups -OCH3 is 1. The molecule has 0 bridgehead atoms. The summed E-state index contributed by atoms with van der Waals surface area (Å²) < 4.78 is 4.70. The molecule has 0 fully saturated rings. The van der Waals surface area contributed by atoms with Crippen molar-refractivity contribution < 1.29 is 19.1 Å². The zero-order valence-corrected chi connectivity index (χ0v) is 13.5. The second-order valence-corrected chi connectivity index (χ2v) is 5.08. The first kappa shape index (κ1) is 17.2. The summed E-state index contributed by atoms with van der Waals surface area (Å²) in [6, 6.07) is 13.5. The zero-order valence-electron chi connectivity index (χ0n) is 13.5. The lowest BCUT2D eigenvalue weighted by atomic mass is 10.1. The number of ketones is 1. The van der Waals surface area contributed by atoms with Gasteiger partial charge in [-0.3, -0.25) is 9.59 Å². The molecule has 0 heterocycles. The Hall–Kier alpha value is -3.15. The average molecular weight is 326 g/mol. The molecule has 124 valence electrons. The van der Waals surface area contributed by atoms with E-state index < -0.39 is 5.97 Å². The summed E-state index contributed by atoms with van der Waals surface area (Å²) in [5.74, 6) is -0.848. The minimum absolute atomic E-state index is 0.0295. The van der Waals surface area contributed by atoms with E-state index in [0.29, 0.717) is 22.5 Å². The molecule has 0 aliphatic rings. The number of carbonyl (C=O) groups is 3. The van der Waals surface area contributed by atoms with Gasteiger partial charge >= 0.3 is 5.97 Å². The lowest BCUT2D eigenvalue weighted by Crippen LogP contribution is -2.22. The number of hydrogen-bond acceptors (Lipinski definition) is 5. The van der Waals surface area contributed by atoms with Gasteiger partial charge < -0.3 is 15.4 Å². The van der Waals surface area contributed by atoms with Crippen molar-refractivity contribution in [3.63, 3.8) is 0 Å². The standard InChI is InChI=1S/C18H18N2O4/c1-12(21)13-6-5-7-14(10-13)20-17(22)11-19-16-9-4-3-8-15(16)18(23)24-2/h3-10,19H,11H2,1-2H3,(H,20,22). The van der Waals surface area contributed by atoms with E-state index in [9.17, 15) is 14.4 Å². The lowest BCUT2D eigenvalue weighted by molar-refractivity contribution is -0.114. The Morgan fingerprint density at radius 3 is 2.50 bits per heavy atom. The zero-order chi connectivity index (χ0) is 17.5. The van der Waals surface area contributed by atoms with Crippen LogP contribution in [0.3, 0.4) is 0 Å². The summed E-state index contributed by atoms with van der Waals surface area (Å²) >= 11 is 0. The summed E-state index contributed by atoms with van der Waals surface area (Å²) in [6.07, 6.45) is 0. The fraction of sp³-hybridized carbons (Fsp3) is 0.167. The highest BCUT2D eigenvalue weighted by Crippen LogP contribution is 2.16. The SMILES string of the molecule is COC(=O)c1ccccc1NCC(=O)Nc1cccc(C(C)=O)c1. The molecule has 0 aliphatic heterocycles. The number of hydrogen-bond donors (Lipinski definition) is 2. The Bertz CT molecular complexity index is 771. The highest BCUT2D eigenvalue weighted by Gasteiger charge is 2.12. The van der Waals surface area contributed by atoms with Gasteiger partial charge in [-0.1, -0.05) is 24.3 Å². The van der Waals surface area contributed by atoms with Gasteiger partial charge in [0.15, 0.2) is 5.78 Å². The van der Waals surface area contributed by atoms with Crippen LogP contribution in [-0.2, 0) is 9.53 Å². The van der Waals surface area contributed by atoms with Crippen molar-refractivity contribution in [3.05, 3.63) is 59.7 Å². The van der Waals surface area contributed by atoms with Crippen LogP contribution in [0.1, 0.15) is 27.6 Å². The maximum atomic E-state index is 12.0. The van der Waals surface area contributed by atoms with E-state index in [-0.39, 0.29) is 18.2 Å². The third kappa shape index (κ3) is 4.42. The first-order valence-corrected chi connectivity index (χ1v) is 7.33. The van der Waals surface area contributed by atoms with Crippen LogP contribution in [0.2, 0.25) is 0 Å². The van der Waals surface area contributed by atoms with E-state index in [1.165, 1.54) is 14.0 Å². The van der Waals surface area contributed by atoms with Gasteiger partial charge in [-0.25, -0.2) is 4.79 Å². The molecule has 1 amide bonds. The molecule has 2 N–H and O–H groups in total. The van der Waals surface area contributed by atoms with Gasteiger partial charge in [-0.15, -0.1) is 0 Å². The molecule has 0 aliphatic carbocycles. The van der Waals surface area contributed by atoms with E-state index in [1.807, 2.05) is 0 Å². The Balaban J connectivity index is 2.00. The number of anilines is 2. The fourth-order valence-electron chi connectivity index (χ4n) is 2.12. The van der Waals surface area contributed by atoms with Crippen LogP contribution < -0.4 is 10.6 Å². The van der Waals surface area contributed by atoms with Crippen LogP contribution in [0.5, 0.6) is 0 Å². The van der Waals surface area contributed by atoms with Gasteiger partial charge in [0.25, 0.3) is 0 Å². The summed E-state index contributed by atoms with van der Waals surface area (Å²) in [5, 5.41) is 5.61. The van der Waals surface area contributed by atoms with Gasteiger partial charge in [0.1, 0.15) is 0 Å². The molecule has 6 nitrogen and oxygen atoms in total. The molecule has 2 aromatic carbocycles. The van der Waals surface area contributed by atoms with E-state index in [4.69, 9.17) is 4.74 Å². The number of ether oxygens (including phenoxy) is 1. The number of esters is 1. The quantitative estimate of drug-likeness (QED) is 0.630. The monoisotopic (exact) mass is 326 g/mol. The molecule has 0 aromatic heterocycles. The Morgan fingerprint density at radius 1 is 1.04 bits per heavy atom. The van der Waals surface area contributed by atoms with Gasteiger partial charge in [0.2, 0.25) is 5.91 Å². The highest BCUT2D eigenvalue weighted by molar-refractivity contribution is 5.99. The van der Waals surface area contributed by atoms with E-state index in [0.717, 1.165) is 0 Å². The molecular weight excluding hydrogens is 308 g/mol. The number of carbonyl (C=O) groups excluding carboxylic acids is 3. The van der Waals surface area contributed by atoms with Crippen LogP contribution in [0.15, 0.2) is 48.5 Å². The van der Waals surface area contributed by atoms with Crippen LogP contribution in [0.25, 0.3) is 0 Å². The first-order chi connectivity index (χ1) is 11.5. The van der Waals surface area contributed by atoms with Gasteiger partial charge in [-0.2, -0.15) is 0 Å². The molecule has 0 saturated heterocycles. The van der Waals surface area contributed by atoms with Crippen molar-refractivity contribution >= 4 is 29.0 Å². The normalized spacial score (nSPS) is 9.92. The third-order valence-electron chi connectivity index (χ3n) is 3.32. The topological polar surface area (TPSA) is 84.5 Å². The molecular formula is C18H18N2O4. The Morgan fingerprint density at radius 2 is 1.79 bits per heavy atom. The largest absolute Gasteiger partial charge is 0.465 e. The molecule has 6 heteroatoms. The highest BCUT2D eigenvalue weighted by atomic mass is 16.5. The minimum Gasteiger partial charge on any atom is -0.465 e. The van der Waals surface area contributed by atoms with Crippen LogP contribution in [0, 0.1) is 0 Å². The molecule has 2 aromatic rings. The van der Waals surface area contributed by atoms with Crippen molar-refractivity contribution in [3.8, 4) is 0 Å². The van der Waals surface area contributed by atoms with Crippen molar-refractivity contribution in [2.75, 3.05) is 24.3 Å². The van der Waals surface area contributed by atoms with Crippen molar-refractivity contribution in [1.29, 1.82) is 0 Å². The predicted octanol–water partition coefficient (Wildman–Crippen LogP) is 2.73. The molecule has 0 atom stereocenters. The molecule has 24 heavy (non-hydrogen) atoms. The molecule has 0 unspecified atom stereocenters. The lowest BCUT2D eigenvalue weighted by Gasteiger charge is -2.11. The third-order valence-corrected chi connectivity index (χ3v) is 3.32. The maximum absolute atomic E-state index is 12.0. The molecule has 2 rings (SSSR count). The van der Waals surface area contributed by atoms with Gasteiger partial charge in [0.05, 0.1) is 19.2 Å². The number of Topliss-reactive ketones (excluding diaryl/α,β-unsaturated/α-hetero) is 1. The van der Waals surface area contributed by atoms with Crippen molar-refractivity contribution in [2.24, 2.45) is 0 Å². The van der Waals surface area contributed by atoms with Crippen molar-refractivity contribution in [1.82, 2.24) is 0 Å². The van der Waals surface area contributed by atoms with Crippen LogP contribution in [-0.4, -0.2) is 31.3 Å².